The van der Waals surface area contributed by atoms with Gasteiger partial charge in [-0.05, 0) is 30.3 Å². The lowest BCUT2D eigenvalue weighted by atomic mass is 10.3. The number of amides is 2. The standard InChI is InChI=1S/C12H11NO5S/c14-10(15)4-1-5-13-11(16)9(19-12(13)17)7-8-3-2-6-18-8/h2-3,6-7H,1,4-5H2,(H,14,15)/b9-7-. The lowest BCUT2D eigenvalue weighted by Gasteiger charge is -2.10. The van der Waals surface area contributed by atoms with E-state index in [1.54, 1.807) is 12.1 Å². The van der Waals surface area contributed by atoms with Crippen molar-refractivity contribution in [2.75, 3.05) is 6.54 Å². The number of carbonyl (C=O) groups excluding carboxylic acids is 2. The van der Waals surface area contributed by atoms with Crippen molar-refractivity contribution >= 4 is 35.0 Å². The van der Waals surface area contributed by atoms with Crippen molar-refractivity contribution in [3.63, 3.8) is 0 Å². The summed E-state index contributed by atoms with van der Waals surface area (Å²) < 4.78 is 5.08. The van der Waals surface area contributed by atoms with Gasteiger partial charge in [0.25, 0.3) is 11.1 Å². The first kappa shape index (κ1) is 13.4. The van der Waals surface area contributed by atoms with E-state index in [9.17, 15) is 14.4 Å². The van der Waals surface area contributed by atoms with Crippen molar-refractivity contribution in [3.05, 3.63) is 29.1 Å². The summed E-state index contributed by atoms with van der Waals surface area (Å²) in [7, 11) is 0. The highest BCUT2D eigenvalue weighted by atomic mass is 32.2. The van der Waals surface area contributed by atoms with E-state index in [1.165, 1.54) is 12.3 Å². The predicted molar refractivity (Wildman–Crippen MR) is 68.3 cm³/mol. The number of hydrogen-bond donors (Lipinski definition) is 1. The number of carboxylic acids is 1. The second-order valence-electron chi connectivity index (χ2n) is 3.85. The molecule has 1 N–H and O–H groups in total. The predicted octanol–water partition coefficient (Wildman–Crippen LogP) is 2.18. The van der Waals surface area contributed by atoms with Crippen LogP contribution in [0.5, 0.6) is 0 Å². The van der Waals surface area contributed by atoms with Crippen molar-refractivity contribution in [2.24, 2.45) is 0 Å². The summed E-state index contributed by atoms with van der Waals surface area (Å²) in [5.41, 5.74) is 0. The first-order valence-corrected chi connectivity index (χ1v) is 6.40. The molecule has 6 nitrogen and oxygen atoms in total. The minimum atomic E-state index is -0.946. The van der Waals surface area contributed by atoms with Crippen LogP contribution < -0.4 is 0 Å². The van der Waals surface area contributed by atoms with E-state index in [2.05, 4.69) is 0 Å². The molecule has 0 unspecified atom stereocenters. The number of rotatable bonds is 5. The molecule has 19 heavy (non-hydrogen) atoms. The summed E-state index contributed by atoms with van der Waals surface area (Å²) >= 11 is 0.830. The lowest BCUT2D eigenvalue weighted by molar-refractivity contribution is -0.137. The molecule has 1 saturated heterocycles. The molecule has 0 atom stereocenters. The molecule has 7 heteroatoms. The molecule has 0 aliphatic carbocycles. The number of carbonyl (C=O) groups is 3. The van der Waals surface area contributed by atoms with Gasteiger partial charge in [-0.1, -0.05) is 0 Å². The Bertz CT molecular complexity index is 534. The molecule has 100 valence electrons. The third-order valence-corrected chi connectivity index (χ3v) is 3.37. The number of aliphatic carboxylic acids is 1. The van der Waals surface area contributed by atoms with E-state index in [-0.39, 0.29) is 29.5 Å². The van der Waals surface area contributed by atoms with Crippen LogP contribution in [0.15, 0.2) is 27.7 Å². The molecule has 1 aliphatic heterocycles. The molecule has 0 saturated carbocycles. The molecular formula is C12H11NO5S. The number of thioether (sulfide) groups is 1. The van der Waals surface area contributed by atoms with E-state index < -0.39 is 11.9 Å². The summed E-state index contributed by atoms with van der Waals surface area (Å²) in [6.45, 7) is 0.118. The number of hydrogen-bond acceptors (Lipinski definition) is 5. The summed E-state index contributed by atoms with van der Waals surface area (Å²) in [4.78, 5) is 35.3. The molecule has 1 fully saturated rings. The summed E-state index contributed by atoms with van der Waals surface area (Å²) in [6.07, 6.45) is 3.16. The van der Waals surface area contributed by atoms with Gasteiger partial charge in [0.2, 0.25) is 0 Å². The van der Waals surface area contributed by atoms with Crippen LogP contribution in [-0.2, 0) is 9.59 Å². The molecular weight excluding hydrogens is 270 g/mol. The summed E-state index contributed by atoms with van der Waals surface area (Å²) in [6, 6.07) is 3.36. The summed E-state index contributed by atoms with van der Waals surface area (Å²) in [5, 5.41) is 8.14. The van der Waals surface area contributed by atoms with Gasteiger partial charge in [0, 0.05) is 19.0 Å². The molecule has 1 aliphatic rings. The second kappa shape index (κ2) is 5.75. The van der Waals surface area contributed by atoms with E-state index in [1.807, 2.05) is 0 Å². The largest absolute Gasteiger partial charge is 0.481 e. The average Bonchev–Trinajstić information content (AvgIpc) is 2.93. The third kappa shape index (κ3) is 3.25. The van der Waals surface area contributed by atoms with E-state index in [4.69, 9.17) is 9.52 Å². The van der Waals surface area contributed by atoms with Crippen molar-refractivity contribution < 1.29 is 23.9 Å². The van der Waals surface area contributed by atoms with Crippen LogP contribution in [0, 0.1) is 0 Å². The van der Waals surface area contributed by atoms with Gasteiger partial charge in [0.05, 0.1) is 11.2 Å². The lowest BCUT2D eigenvalue weighted by Crippen LogP contribution is -2.29. The molecule has 2 rings (SSSR count). The van der Waals surface area contributed by atoms with Gasteiger partial charge in [0.15, 0.2) is 0 Å². The first-order chi connectivity index (χ1) is 9.08. The second-order valence-corrected chi connectivity index (χ2v) is 4.84. The normalized spacial score (nSPS) is 17.5. The van der Waals surface area contributed by atoms with E-state index in [0.29, 0.717) is 5.76 Å². The van der Waals surface area contributed by atoms with Gasteiger partial charge < -0.3 is 9.52 Å². The van der Waals surface area contributed by atoms with E-state index >= 15 is 0 Å². The van der Waals surface area contributed by atoms with Crippen molar-refractivity contribution in [2.45, 2.75) is 12.8 Å². The fourth-order valence-corrected chi connectivity index (χ4v) is 2.43. The van der Waals surface area contributed by atoms with Crippen LogP contribution in [0.25, 0.3) is 6.08 Å². The van der Waals surface area contributed by atoms with Crippen LogP contribution in [-0.4, -0.2) is 33.7 Å². The van der Waals surface area contributed by atoms with Gasteiger partial charge in [-0.3, -0.25) is 19.3 Å². The highest BCUT2D eigenvalue weighted by Crippen LogP contribution is 2.32. The van der Waals surface area contributed by atoms with Crippen molar-refractivity contribution in [1.29, 1.82) is 0 Å². The Labute approximate surface area is 113 Å². The monoisotopic (exact) mass is 281 g/mol. The number of carboxylic acid groups (broad SMARTS) is 1. The molecule has 0 bridgehead atoms. The average molecular weight is 281 g/mol. The summed E-state index contributed by atoms with van der Waals surface area (Å²) in [5.74, 6) is -0.856. The number of furan rings is 1. The third-order valence-electron chi connectivity index (χ3n) is 2.46. The Morgan fingerprint density at radius 1 is 1.47 bits per heavy atom. The molecule has 1 aromatic rings. The fraction of sp³-hybridized carbons (Fsp3) is 0.250. The topological polar surface area (TPSA) is 87.8 Å². The minimum absolute atomic E-state index is 0.0705. The van der Waals surface area contributed by atoms with Gasteiger partial charge in [-0.15, -0.1) is 0 Å². The Hall–Kier alpha value is -2.02. The smallest absolute Gasteiger partial charge is 0.303 e. The zero-order chi connectivity index (χ0) is 13.8. The maximum absolute atomic E-state index is 11.9. The van der Waals surface area contributed by atoms with Crippen LogP contribution in [0.3, 0.4) is 0 Å². The van der Waals surface area contributed by atoms with Gasteiger partial charge >= 0.3 is 5.97 Å². The van der Waals surface area contributed by atoms with Crippen LogP contribution in [0.1, 0.15) is 18.6 Å². The first-order valence-electron chi connectivity index (χ1n) is 5.58. The zero-order valence-electron chi connectivity index (χ0n) is 9.87. The zero-order valence-corrected chi connectivity index (χ0v) is 10.7. The van der Waals surface area contributed by atoms with Crippen LogP contribution in [0.2, 0.25) is 0 Å². The van der Waals surface area contributed by atoms with Crippen molar-refractivity contribution in [3.8, 4) is 0 Å². The fourth-order valence-electron chi connectivity index (χ4n) is 1.58. The molecule has 0 radical (unpaired) electrons. The quantitative estimate of drug-likeness (QED) is 0.832. The molecule has 0 spiro atoms. The maximum Gasteiger partial charge on any atom is 0.303 e. The highest BCUT2D eigenvalue weighted by Gasteiger charge is 2.34. The Morgan fingerprint density at radius 2 is 2.26 bits per heavy atom. The van der Waals surface area contributed by atoms with Gasteiger partial charge in [-0.2, -0.15) is 0 Å². The van der Waals surface area contributed by atoms with Gasteiger partial charge in [-0.25, -0.2) is 0 Å². The molecule has 0 aromatic carbocycles. The maximum atomic E-state index is 11.9. The molecule has 1 aromatic heterocycles. The number of nitrogens with zero attached hydrogens (tertiary/aromatic N) is 1. The SMILES string of the molecule is O=C(O)CCCN1C(=O)S/C(=C\c2ccco2)C1=O. The van der Waals surface area contributed by atoms with Crippen molar-refractivity contribution in [1.82, 2.24) is 4.90 Å². The Balaban J connectivity index is 2.02. The number of imide groups is 1. The van der Waals surface area contributed by atoms with E-state index in [0.717, 1.165) is 16.7 Å². The Morgan fingerprint density at radius 3 is 2.89 bits per heavy atom. The van der Waals surface area contributed by atoms with Gasteiger partial charge in [0.1, 0.15) is 5.76 Å². The molecule has 2 amide bonds. The highest BCUT2D eigenvalue weighted by molar-refractivity contribution is 8.18. The van der Waals surface area contributed by atoms with Crippen LogP contribution >= 0.6 is 11.8 Å². The van der Waals surface area contributed by atoms with Crippen LogP contribution in [0.4, 0.5) is 4.79 Å². The minimum Gasteiger partial charge on any atom is -0.481 e. The molecule has 2 heterocycles. The Kier molecular flexibility index (Phi) is 4.06.